The normalized spacial score (nSPS) is 24.7. The standard InChI is InChI=1S/C20H27N3O2/c1-14(16-4-2-10-21-12-16)23(18-8-9-18)20(25)17-5-3-11-22(13-17)19(24)15-6-7-15/h2,4,10,12,14-15,17-18H,3,5-9,11,13H2,1H3. The largest absolute Gasteiger partial charge is 0.342 e. The van der Waals surface area contributed by atoms with E-state index in [2.05, 4.69) is 16.8 Å². The average molecular weight is 341 g/mol. The van der Waals surface area contributed by atoms with E-state index in [0.717, 1.165) is 50.6 Å². The number of hydrogen-bond acceptors (Lipinski definition) is 3. The van der Waals surface area contributed by atoms with Gasteiger partial charge in [-0.05, 0) is 57.1 Å². The van der Waals surface area contributed by atoms with E-state index in [1.54, 1.807) is 6.20 Å². The second-order valence-electron chi connectivity index (χ2n) is 7.84. The van der Waals surface area contributed by atoms with Crippen molar-refractivity contribution in [3.05, 3.63) is 30.1 Å². The van der Waals surface area contributed by atoms with Crippen LogP contribution in [-0.2, 0) is 9.59 Å². The maximum atomic E-state index is 13.3. The molecule has 5 heteroatoms. The van der Waals surface area contributed by atoms with Crippen molar-refractivity contribution in [2.75, 3.05) is 13.1 Å². The van der Waals surface area contributed by atoms with Crippen molar-refractivity contribution in [2.45, 2.75) is 57.5 Å². The van der Waals surface area contributed by atoms with Gasteiger partial charge in [-0.2, -0.15) is 0 Å². The van der Waals surface area contributed by atoms with Crippen LogP contribution in [0.25, 0.3) is 0 Å². The molecule has 3 aliphatic rings. The molecule has 0 spiro atoms. The molecule has 2 saturated carbocycles. The highest BCUT2D eigenvalue weighted by Crippen LogP contribution is 2.37. The van der Waals surface area contributed by atoms with Crippen molar-refractivity contribution in [3.8, 4) is 0 Å². The Morgan fingerprint density at radius 2 is 2.00 bits per heavy atom. The van der Waals surface area contributed by atoms with Gasteiger partial charge in [-0.1, -0.05) is 6.07 Å². The van der Waals surface area contributed by atoms with Crippen molar-refractivity contribution in [1.82, 2.24) is 14.8 Å². The van der Waals surface area contributed by atoms with Gasteiger partial charge in [0.1, 0.15) is 0 Å². The first kappa shape index (κ1) is 16.6. The Hall–Kier alpha value is -1.91. The zero-order chi connectivity index (χ0) is 17.4. The van der Waals surface area contributed by atoms with Gasteiger partial charge < -0.3 is 9.80 Å². The molecule has 25 heavy (non-hydrogen) atoms. The summed E-state index contributed by atoms with van der Waals surface area (Å²) in [5, 5.41) is 0. The molecule has 2 amide bonds. The fraction of sp³-hybridized carbons (Fsp3) is 0.650. The molecule has 0 radical (unpaired) electrons. The Balaban J connectivity index is 1.47. The first-order chi connectivity index (χ1) is 12.1. The Morgan fingerprint density at radius 1 is 1.20 bits per heavy atom. The summed E-state index contributed by atoms with van der Waals surface area (Å²) in [6.45, 7) is 3.53. The lowest BCUT2D eigenvalue weighted by molar-refractivity contribution is -0.143. The minimum atomic E-state index is -0.0452. The van der Waals surface area contributed by atoms with E-state index < -0.39 is 0 Å². The van der Waals surface area contributed by atoms with Crippen LogP contribution < -0.4 is 0 Å². The number of hydrogen-bond donors (Lipinski definition) is 0. The highest BCUT2D eigenvalue weighted by molar-refractivity contribution is 5.84. The van der Waals surface area contributed by atoms with Crippen LogP contribution in [0.1, 0.15) is 57.1 Å². The van der Waals surface area contributed by atoms with Crippen LogP contribution in [0.4, 0.5) is 0 Å². The Kier molecular flexibility index (Phi) is 4.48. The highest BCUT2D eigenvalue weighted by atomic mass is 16.2. The molecule has 1 aliphatic heterocycles. The second kappa shape index (κ2) is 6.77. The lowest BCUT2D eigenvalue weighted by Gasteiger charge is -2.37. The molecular formula is C20H27N3O2. The van der Waals surface area contributed by atoms with Gasteiger partial charge in [0.15, 0.2) is 0 Å². The summed E-state index contributed by atoms with van der Waals surface area (Å²) in [7, 11) is 0. The maximum Gasteiger partial charge on any atom is 0.228 e. The topological polar surface area (TPSA) is 53.5 Å². The molecule has 2 aliphatic carbocycles. The third kappa shape index (κ3) is 3.55. The van der Waals surface area contributed by atoms with Crippen LogP contribution in [0.15, 0.2) is 24.5 Å². The number of rotatable bonds is 5. The average Bonchev–Trinajstić information content (AvgIpc) is 3.55. The van der Waals surface area contributed by atoms with Gasteiger partial charge in [0, 0.05) is 37.4 Å². The SMILES string of the molecule is CC(c1cccnc1)N(C(=O)C1CCCN(C(=O)C2CC2)C1)C1CC1. The van der Waals surface area contributed by atoms with Gasteiger partial charge in [0.25, 0.3) is 0 Å². The minimum absolute atomic E-state index is 0.0446. The summed E-state index contributed by atoms with van der Waals surface area (Å²) in [5.41, 5.74) is 1.09. The van der Waals surface area contributed by atoms with E-state index in [1.807, 2.05) is 23.2 Å². The summed E-state index contributed by atoms with van der Waals surface area (Å²) in [5.74, 6) is 0.696. The zero-order valence-electron chi connectivity index (χ0n) is 14.9. The first-order valence-corrected chi connectivity index (χ1v) is 9.66. The van der Waals surface area contributed by atoms with Crippen LogP contribution in [0.3, 0.4) is 0 Å². The predicted molar refractivity (Wildman–Crippen MR) is 94.5 cm³/mol. The molecular weight excluding hydrogens is 314 g/mol. The molecule has 5 nitrogen and oxygen atoms in total. The second-order valence-corrected chi connectivity index (χ2v) is 7.84. The van der Waals surface area contributed by atoms with Gasteiger partial charge in [-0.3, -0.25) is 14.6 Å². The summed E-state index contributed by atoms with van der Waals surface area (Å²) in [4.78, 5) is 33.9. The molecule has 2 atom stereocenters. The molecule has 1 saturated heterocycles. The van der Waals surface area contributed by atoms with Crippen molar-refractivity contribution < 1.29 is 9.59 Å². The summed E-state index contributed by atoms with van der Waals surface area (Å²) >= 11 is 0. The Bertz CT molecular complexity index is 640. The third-order valence-electron chi connectivity index (χ3n) is 5.79. The summed E-state index contributed by atoms with van der Waals surface area (Å²) in [6, 6.07) is 4.38. The molecule has 2 heterocycles. The third-order valence-corrected chi connectivity index (χ3v) is 5.79. The van der Waals surface area contributed by atoms with Gasteiger partial charge in [0.05, 0.1) is 12.0 Å². The summed E-state index contributed by atoms with van der Waals surface area (Å²) in [6.07, 6.45) is 9.70. The lowest BCUT2D eigenvalue weighted by Crippen LogP contribution is -2.48. The van der Waals surface area contributed by atoms with Gasteiger partial charge in [0.2, 0.25) is 11.8 Å². The number of pyridine rings is 1. The highest BCUT2D eigenvalue weighted by Gasteiger charge is 2.42. The van der Waals surface area contributed by atoms with Gasteiger partial charge in [-0.15, -0.1) is 0 Å². The van der Waals surface area contributed by atoms with E-state index in [-0.39, 0.29) is 29.7 Å². The molecule has 3 fully saturated rings. The smallest absolute Gasteiger partial charge is 0.228 e. The van der Waals surface area contributed by atoms with E-state index in [4.69, 9.17) is 0 Å². The fourth-order valence-electron chi connectivity index (χ4n) is 4.00. The van der Waals surface area contributed by atoms with Gasteiger partial charge in [-0.25, -0.2) is 0 Å². The van der Waals surface area contributed by atoms with E-state index in [9.17, 15) is 9.59 Å². The fourth-order valence-corrected chi connectivity index (χ4v) is 4.00. The van der Waals surface area contributed by atoms with Crippen LogP contribution >= 0.6 is 0 Å². The number of amides is 2. The van der Waals surface area contributed by atoms with Crippen LogP contribution in [0, 0.1) is 11.8 Å². The first-order valence-electron chi connectivity index (χ1n) is 9.66. The van der Waals surface area contributed by atoms with Crippen molar-refractivity contribution >= 4 is 11.8 Å². The molecule has 0 bridgehead atoms. The minimum Gasteiger partial charge on any atom is -0.342 e. The Morgan fingerprint density at radius 3 is 2.64 bits per heavy atom. The quantitative estimate of drug-likeness (QED) is 0.827. The van der Waals surface area contributed by atoms with Crippen LogP contribution in [0.2, 0.25) is 0 Å². The van der Waals surface area contributed by atoms with E-state index in [0.29, 0.717) is 12.6 Å². The zero-order valence-corrected chi connectivity index (χ0v) is 14.9. The van der Waals surface area contributed by atoms with Crippen molar-refractivity contribution in [3.63, 3.8) is 0 Å². The molecule has 0 aromatic carbocycles. The number of carbonyl (C=O) groups excluding carboxylic acids is 2. The van der Waals surface area contributed by atoms with Crippen molar-refractivity contribution in [2.24, 2.45) is 11.8 Å². The van der Waals surface area contributed by atoms with Crippen molar-refractivity contribution in [1.29, 1.82) is 0 Å². The van der Waals surface area contributed by atoms with Crippen LogP contribution in [-0.4, -0.2) is 45.7 Å². The lowest BCUT2D eigenvalue weighted by atomic mass is 9.94. The molecule has 134 valence electrons. The number of carbonyl (C=O) groups is 2. The maximum absolute atomic E-state index is 13.3. The number of aromatic nitrogens is 1. The number of likely N-dealkylation sites (tertiary alicyclic amines) is 1. The molecule has 1 aromatic rings. The molecule has 0 N–H and O–H groups in total. The number of piperidine rings is 1. The van der Waals surface area contributed by atoms with E-state index in [1.165, 1.54) is 0 Å². The summed E-state index contributed by atoms with van der Waals surface area (Å²) < 4.78 is 0. The van der Waals surface area contributed by atoms with Crippen LogP contribution in [0.5, 0.6) is 0 Å². The number of nitrogens with zero attached hydrogens (tertiary/aromatic N) is 3. The monoisotopic (exact) mass is 341 g/mol. The van der Waals surface area contributed by atoms with Gasteiger partial charge >= 0.3 is 0 Å². The molecule has 1 aromatic heterocycles. The molecule has 4 rings (SSSR count). The van der Waals surface area contributed by atoms with E-state index >= 15 is 0 Å². The predicted octanol–water partition coefficient (Wildman–Crippen LogP) is 2.78. The molecule has 2 unspecified atom stereocenters. The Labute approximate surface area is 149 Å².